The molecule has 96 valence electrons. The van der Waals surface area contributed by atoms with Gasteiger partial charge in [-0.05, 0) is 26.7 Å². The molecule has 0 N–H and O–H groups in total. The van der Waals surface area contributed by atoms with Crippen molar-refractivity contribution in [3.63, 3.8) is 0 Å². The summed E-state index contributed by atoms with van der Waals surface area (Å²) in [5, 5.41) is 5.46. The van der Waals surface area contributed by atoms with Crippen molar-refractivity contribution in [2.75, 3.05) is 11.4 Å². The van der Waals surface area contributed by atoms with Crippen molar-refractivity contribution in [2.24, 2.45) is 7.05 Å². The summed E-state index contributed by atoms with van der Waals surface area (Å²) < 4.78 is 2.05. The van der Waals surface area contributed by atoms with Gasteiger partial charge in [-0.15, -0.1) is 0 Å². The summed E-state index contributed by atoms with van der Waals surface area (Å²) in [6.07, 6.45) is 5.42. The Bertz CT molecular complexity index is 380. The maximum Gasteiger partial charge on any atom is 0.131 e. The number of rotatable bonds is 4. The highest BCUT2D eigenvalue weighted by atomic mass is 79.9. The molecular weight excluding hydrogens is 278 g/mol. The van der Waals surface area contributed by atoms with Gasteiger partial charge in [0.2, 0.25) is 0 Å². The molecule has 1 aliphatic carbocycles. The molecule has 0 saturated heterocycles. The number of hydrogen-bond acceptors (Lipinski definition) is 2. The van der Waals surface area contributed by atoms with Gasteiger partial charge in [-0.1, -0.05) is 28.8 Å². The van der Waals surface area contributed by atoms with Gasteiger partial charge < -0.3 is 4.90 Å². The fourth-order valence-corrected chi connectivity index (χ4v) is 3.66. The number of aryl methyl sites for hydroxylation is 2. The van der Waals surface area contributed by atoms with E-state index in [1.165, 1.54) is 37.1 Å². The van der Waals surface area contributed by atoms with Gasteiger partial charge in [0.05, 0.1) is 5.69 Å². The highest BCUT2D eigenvalue weighted by molar-refractivity contribution is 9.08. The topological polar surface area (TPSA) is 21.1 Å². The van der Waals surface area contributed by atoms with Crippen molar-refractivity contribution in [1.29, 1.82) is 0 Å². The lowest BCUT2D eigenvalue weighted by Gasteiger charge is -2.30. The predicted molar refractivity (Wildman–Crippen MR) is 75.9 cm³/mol. The molecule has 17 heavy (non-hydrogen) atoms. The van der Waals surface area contributed by atoms with Crippen LogP contribution in [-0.4, -0.2) is 22.4 Å². The van der Waals surface area contributed by atoms with Gasteiger partial charge in [-0.3, -0.25) is 4.68 Å². The first-order chi connectivity index (χ1) is 8.19. The number of hydrogen-bond donors (Lipinski definition) is 0. The summed E-state index contributed by atoms with van der Waals surface area (Å²) in [6.45, 7) is 5.42. The molecule has 0 spiro atoms. The third kappa shape index (κ3) is 2.37. The van der Waals surface area contributed by atoms with E-state index in [4.69, 9.17) is 0 Å². The number of anilines is 1. The van der Waals surface area contributed by atoms with Gasteiger partial charge in [0.15, 0.2) is 0 Å². The maximum atomic E-state index is 4.57. The summed E-state index contributed by atoms with van der Waals surface area (Å²) in [4.78, 5) is 2.55. The highest BCUT2D eigenvalue weighted by Crippen LogP contribution is 2.32. The Morgan fingerprint density at radius 2 is 2.06 bits per heavy atom. The van der Waals surface area contributed by atoms with Crippen LogP contribution in [0.3, 0.4) is 0 Å². The van der Waals surface area contributed by atoms with Crippen LogP contribution >= 0.6 is 15.9 Å². The Labute approximate surface area is 112 Å². The van der Waals surface area contributed by atoms with E-state index in [1.54, 1.807) is 0 Å². The lowest BCUT2D eigenvalue weighted by Crippen LogP contribution is -2.35. The molecule has 0 aromatic carbocycles. The Morgan fingerprint density at radius 3 is 2.59 bits per heavy atom. The van der Waals surface area contributed by atoms with Crippen molar-refractivity contribution in [3.8, 4) is 0 Å². The largest absolute Gasteiger partial charge is 0.354 e. The molecule has 1 aliphatic rings. The standard InChI is InChI=1S/C13H22BrN3/c1-4-17(11-7-5-6-8-11)13-12(9-14)10(2)15-16(13)3/h11H,4-9H2,1-3H3. The summed E-state index contributed by atoms with van der Waals surface area (Å²) in [6, 6.07) is 0.715. The van der Waals surface area contributed by atoms with Gasteiger partial charge in [-0.25, -0.2) is 0 Å². The molecular formula is C13H22BrN3. The monoisotopic (exact) mass is 299 g/mol. The summed E-state index contributed by atoms with van der Waals surface area (Å²) in [7, 11) is 2.06. The van der Waals surface area contributed by atoms with E-state index in [9.17, 15) is 0 Å². The maximum absolute atomic E-state index is 4.57. The smallest absolute Gasteiger partial charge is 0.131 e. The van der Waals surface area contributed by atoms with Crippen LogP contribution in [0.25, 0.3) is 0 Å². The van der Waals surface area contributed by atoms with Crippen LogP contribution in [0.15, 0.2) is 0 Å². The minimum Gasteiger partial charge on any atom is -0.354 e. The fraction of sp³-hybridized carbons (Fsp3) is 0.769. The zero-order valence-corrected chi connectivity index (χ0v) is 12.6. The second-order valence-electron chi connectivity index (χ2n) is 4.87. The Hall–Kier alpha value is -0.510. The van der Waals surface area contributed by atoms with Crippen molar-refractivity contribution in [2.45, 2.75) is 50.9 Å². The van der Waals surface area contributed by atoms with Gasteiger partial charge in [0.25, 0.3) is 0 Å². The first-order valence-corrected chi connectivity index (χ1v) is 7.66. The number of aromatic nitrogens is 2. The molecule has 1 aromatic rings. The molecule has 1 fully saturated rings. The van der Waals surface area contributed by atoms with Gasteiger partial charge in [-0.2, -0.15) is 5.10 Å². The third-order valence-electron chi connectivity index (χ3n) is 3.83. The molecule has 4 heteroatoms. The van der Waals surface area contributed by atoms with Crippen LogP contribution in [0, 0.1) is 6.92 Å². The van der Waals surface area contributed by atoms with E-state index in [0.29, 0.717) is 6.04 Å². The molecule has 0 unspecified atom stereocenters. The molecule has 0 bridgehead atoms. The van der Waals surface area contributed by atoms with Crippen LogP contribution in [0.5, 0.6) is 0 Å². The average Bonchev–Trinajstić information content (AvgIpc) is 2.90. The van der Waals surface area contributed by atoms with Crippen LogP contribution in [0.1, 0.15) is 43.9 Å². The van der Waals surface area contributed by atoms with Gasteiger partial charge >= 0.3 is 0 Å². The van der Waals surface area contributed by atoms with Crippen LogP contribution in [0.2, 0.25) is 0 Å². The first-order valence-electron chi connectivity index (χ1n) is 6.54. The minimum absolute atomic E-state index is 0.715. The van der Waals surface area contributed by atoms with Crippen molar-refractivity contribution >= 4 is 21.7 Å². The minimum atomic E-state index is 0.715. The van der Waals surface area contributed by atoms with E-state index < -0.39 is 0 Å². The molecule has 1 heterocycles. The Kier molecular flexibility index (Phi) is 4.13. The average molecular weight is 300 g/mol. The van der Waals surface area contributed by atoms with E-state index in [-0.39, 0.29) is 0 Å². The normalized spacial score (nSPS) is 16.7. The molecule has 2 rings (SSSR count). The summed E-state index contributed by atoms with van der Waals surface area (Å²) in [5.41, 5.74) is 2.50. The molecule has 3 nitrogen and oxygen atoms in total. The predicted octanol–water partition coefficient (Wildman–Crippen LogP) is 3.39. The Morgan fingerprint density at radius 1 is 1.41 bits per heavy atom. The Balaban J connectivity index is 2.35. The highest BCUT2D eigenvalue weighted by Gasteiger charge is 2.26. The fourth-order valence-electron chi connectivity index (χ4n) is 3.00. The summed E-state index contributed by atoms with van der Waals surface area (Å²) >= 11 is 3.60. The molecule has 0 radical (unpaired) electrons. The van der Waals surface area contributed by atoms with Crippen LogP contribution in [0.4, 0.5) is 5.82 Å². The van der Waals surface area contributed by atoms with Gasteiger partial charge in [0, 0.05) is 30.5 Å². The molecule has 1 saturated carbocycles. The lowest BCUT2D eigenvalue weighted by molar-refractivity contribution is 0.590. The quantitative estimate of drug-likeness (QED) is 0.795. The third-order valence-corrected chi connectivity index (χ3v) is 4.39. The first kappa shape index (κ1) is 12.9. The van der Waals surface area contributed by atoms with Gasteiger partial charge in [0.1, 0.15) is 5.82 Å². The van der Waals surface area contributed by atoms with Crippen molar-refractivity contribution < 1.29 is 0 Å². The lowest BCUT2D eigenvalue weighted by atomic mass is 10.2. The van der Waals surface area contributed by atoms with Crippen LogP contribution < -0.4 is 4.90 Å². The second kappa shape index (κ2) is 5.42. The molecule has 0 atom stereocenters. The van der Waals surface area contributed by atoms with E-state index in [0.717, 1.165) is 17.6 Å². The molecule has 0 amide bonds. The summed E-state index contributed by atoms with van der Waals surface area (Å²) in [5.74, 6) is 1.31. The second-order valence-corrected chi connectivity index (χ2v) is 5.43. The zero-order chi connectivity index (χ0) is 12.4. The number of halogens is 1. The molecule has 0 aliphatic heterocycles. The number of alkyl halides is 1. The zero-order valence-electron chi connectivity index (χ0n) is 11.0. The van der Waals surface area contributed by atoms with Crippen molar-refractivity contribution in [3.05, 3.63) is 11.3 Å². The van der Waals surface area contributed by atoms with E-state index in [1.807, 2.05) is 4.68 Å². The van der Waals surface area contributed by atoms with Crippen LogP contribution in [-0.2, 0) is 12.4 Å². The number of nitrogens with zero attached hydrogens (tertiary/aromatic N) is 3. The van der Waals surface area contributed by atoms with Crippen molar-refractivity contribution in [1.82, 2.24) is 9.78 Å². The SMILES string of the molecule is CCN(c1c(CBr)c(C)nn1C)C1CCCC1. The molecule has 1 aromatic heterocycles. The van der Waals surface area contributed by atoms with E-state index >= 15 is 0 Å². The van der Waals surface area contributed by atoms with E-state index in [2.05, 4.69) is 46.8 Å².